The van der Waals surface area contributed by atoms with E-state index in [0.717, 1.165) is 41.7 Å². The van der Waals surface area contributed by atoms with Gasteiger partial charge in [-0.3, -0.25) is 4.79 Å². The molecule has 1 atom stereocenters. The molecule has 7 nitrogen and oxygen atoms in total. The number of aromatic nitrogens is 2. The molecular formula is C23H25N3O4. The Morgan fingerprint density at radius 2 is 1.87 bits per heavy atom. The Kier molecular flexibility index (Phi) is 5.97. The Balaban J connectivity index is 1.56. The monoisotopic (exact) mass is 407 g/mol. The van der Waals surface area contributed by atoms with Crippen LogP contribution in [0.3, 0.4) is 0 Å². The molecule has 1 aromatic heterocycles. The highest BCUT2D eigenvalue weighted by Crippen LogP contribution is 2.31. The van der Waals surface area contributed by atoms with Gasteiger partial charge in [0.05, 0.1) is 13.2 Å². The van der Waals surface area contributed by atoms with Crippen molar-refractivity contribution in [3.63, 3.8) is 0 Å². The highest BCUT2D eigenvalue weighted by atomic mass is 16.5. The fourth-order valence-corrected chi connectivity index (χ4v) is 3.90. The van der Waals surface area contributed by atoms with E-state index >= 15 is 0 Å². The quantitative estimate of drug-likeness (QED) is 0.645. The number of benzene rings is 2. The zero-order valence-electron chi connectivity index (χ0n) is 17.0. The molecule has 0 saturated carbocycles. The van der Waals surface area contributed by atoms with Gasteiger partial charge in [0, 0.05) is 12.1 Å². The SMILES string of the molecule is COc1ccc([C@H]2CCCCCN2C(=O)Cn2nc(-c3ccccc3)oc2=O)cc1. The van der Waals surface area contributed by atoms with Gasteiger partial charge in [-0.2, -0.15) is 4.68 Å². The number of methoxy groups -OCH3 is 1. The average Bonchev–Trinajstić information content (AvgIpc) is 2.99. The fourth-order valence-electron chi connectivity index (χ4n) is 3.90. The summed E-state index contributed by atoms with van der Waals surface area (Å²) in [5.74, 6) is 0.245. The molecular weight excluding hydrogens is 382 g/mol. The number of amides is 1. The molecule has 2 heterocycles. The summed E-state index contributed by atoms with van der Waals surface area (Å²) in [6, 6.07) is 17.0. The molecule has 0 bridgehead atoms. The Bertz CT molecular complexity index is 1040. The van der Waals surface area contributed by atoms with Crippen molar-refractivity contribution in [3.05, 3.63) is 70.7 Å². The summed E-state index contributed by atoms with van der Waals surface area (Å²) in [4.78, 5) is 27.3. The number of carbonyl (C=O) groups is 1. The Hall–Kier alpha value is -3.35. The summed E-state index contributed by atoms with van der Waals surface area (Å²) >= 11 is 0. The molecule has 156 valence electrons. The van der Waals surface area contributed by atoms with Gasteiger partial charge in [0.1, 0.15) is 12.3 Å². The van der Waals surface area contributed by atoms with Crippen molar-refractivity contribution in [2.75, 3.05) is 13.7 Å². The van der Waals surface area contributed by atoms with Gasteiger partial charge in [-0.25, -0.2) is 4.79 Å². The molecule has 7 heteroatoms. The zero-order valence-corrected chi connectivity index (χ0v) is 17.0. The van der Waals surface area contributed by atoms with Crippen LogP contribution in [-0.4, -0.2) is 34.2 Å². The maximum absolute atomic E-state index is 13.2. The smallest absolute Gasteiger partial charge is 0.437 e. The normalized spacial score (nSPS) is 16.8. The largest absolute Gasteiger partial charge is 0.497 e. The van der Waals surface area contributed by atoms with Crippen molar-refractivity contribution in [2.45, 2.75) is 38.3 Å². The van der Waals surface area contributed by atoms with Gasteiger partial charge in [-0.05, 0) is 42.7 Å². The van der Waals surface area contributed by atoms with Crippen molar-refractivity contribution >= 4 is 5.91 Å². The first-order chi connectivity index (χ1) is 14.7. The van der Waals surface area contributed by atoms with E-state index < -0.39 is 5.76 Å². The lowest BCUT2D eigenvalue weighted by Crippen LogP contribution is -2.38. The van der Waals surface area contributed by atoms with Crippen LogP contribution in [-0.2, 0) is 11.3 Å². The highest BCUT2D eigenvalue weighted by molar-refractivity contribution is 5.76. The molecule has 1 fully saturated rings. The lowest BCUT2D eigenvalue weighted by Gasteiger charge is -2.30. The molecule has 0 aliphatic carbocycles. The first-order valence-electron chi connectivity index (χ1n) is 10.2. The van der Waals surface area contributed by atoms with Crippen LogP contribution in [0.15, 0.2) is 63.8 Å². The maximum Gasteiger partial charge on any atom is 0.437 e. The predicted molar refractivity (Wildman–Crippen MR) is 112 cm³/mol. The molecule has 4 rings (SSSR count). The van der Waals surface area contributed by atoms with E-state index in [1.807, 2.05) is 59.5 Å². The first kappa shape index (κ1) is 19.9. The molecule has 0 radical (unpaired) electrons. The van der Waals surface area contributed by atoms with E-state index in [-0.39, 0.29) is 24.4 Å². The van der Waals surface area contributed by atoms with E-state index in [1.54, 1.807) is 7.11 Å². The van der Waals surface area contributed by atoms with E-state index in [1.165, 1.54) is 0 Å². The lowest BCUT2D eigenvalue weighted by molar-refractivity contribution is -0.134. The number of ether oxygens (including phenoxy) is 1. The Labute approximate surface area is 174 Å². The van der Waals surface area contributed by atoms with Crippen LogP contribution in [0.4, 0.5) is 0 Å². The van der Waals surface area contributed by atoms with E-state index in [4.69, 9.17) is 9.15 Å². The molecule has 1 aliphatic heterocycles. The highest BCUT2D eigenvalue weighted by Gasteiger charge is 2.28. The number of nitrogens with zero attached hydrogens (tertiary/aromatic N) is 3. The molecule has 0 N–H and O–H groups in total. The maximum atomic E-state index is 13.2. The predicted octanol–water partition coefficient (Wildman–Crippen LogP) is 3.66. The van der Waals surface area contributed by atoms with Crippen LogP contribution in [0, 0.1) is 0 Å². The third-order valence-corrected chi connectivity index (χ3v) is 5.49. The van der Waals surface area contributed by atoms with Gasteiger partial charge in [-0.15, -0.1) is 5.10 Å². The van der Waals surface area contributed by atoms with Crippen LogP contribution in [0.5, 0.6) is 5.75 Å². The van der Waals surface area contributed by atoms with Crippen molar-refractivity contribution in [3.8, 4) is 17.2 Å². The van der Waals surface area contributed by atoms with Crippen LogP contribution >= 0.6 is 0 Å². The number of likely N-dealkylation sites (tertiary alicyclic amines) is 1. The molecule has 2 aromatic carbocycles. The summed E-state index contributed by atoms with van der Waals surface area (Å²) < 4.78 is 11.6. The summed E-state index contributed by atoms with van der Waals surface area (Å²) in [6.45, 7) is 0.523. The van der Waals surface area contributed by atoms with Crippen LogP contribution in [0.1, 0.15) is 37.3 Å². The first-order valence-corrected chi connectivity index (χ1v) is 10.2. The van der Waals surface area contributed by atoms with E-state index in [2.05, 4.69) is 5.10 Å². The number of hydrogen-bond donors (Lipinski definition) is 0. The van der Waals surface area contributed by atoms with Crippen molar-refractivity contribution in [1.82, 2.24) is 14.7 Å². The number of hydrogen-bond acceptors (Lipinski definition) is 5. The molecule has 1 aliphatic rings. The van der Waals surface area contributed by atoms with Gasteiger partial charge in [0.2, 0.25) is 11.8 Å². The minimum Gasteiger partial charge on any atom is -0.497 e. The second-order valence-corrected chi connectivity index (χ2v) is 7.42. The molecule has 1 saturated heterocycles. The molecule has 3 aromatic rings. The van der Waals surface area contributed by atoms with Crippen molar-refractivity contribution in [2.24, 2.45) is 0 Å². The van der Waals surface area contributed by atoms with Gasteiger partial charge in [0.15, 0.2) is 0 Å². The summed E-state index contributed by atoms with van der Waals surface area (Å²) in [5, 5.41) is 4.23. The standard InChI is InChI=1S/C23H25N3O4/c1-29-19-13-11-17(12-14-19)20-10-6-3-7-15-25(20)21(27)16-26-23(28)30-22(24-26)18-8-4-2-5-9-18/h2,4-5,8-9,11-14,20H,3,6-7,10,15-16H2,1H3/t20-/m1/s1. The lowest BCUT2D eigenvalue weighted by atomic mass is 10.0. The molecule has 1 amide bonds. The Morgan fingerprint density at radius 1 is 1.10 bits per heavy atom. The second-order valence-electron chi connectivity index (χ2n) is 7.42. The third-order valence-electron chi connectivity index (χ3n) is 5.49. The summed E-state index contributed by atoms with van der Waals surface area (Å²) in [6.07, 6.45) is 3.98. The average molecular weight is 407 g/mol. The van der Waals surface area contributed by atoms with Crippen LogP contribution < -0.4 is 10.5 Å². The van der Waals surface area contributed by atoms with Gasteiger partial charge in [-0.1, -0.05) is 43.2 Å². The minimum absolute atomic E-state index is 0.0258. The molecule has 0 unspecified atom stereocenters. The molecule has 30 heavy (non-hydrogen) atoms. The topological polar surface area (TPSA) is 77.6 Å². The van der Waals surface area contributed by atoms with Crippen molar-refractivity contribution < 1.29 is 13.9 Å². The summed E-state index contributed by atoms with van der Waals surface area (Å²) in [5.41, 5.74) is 1.77. The van der Waals surface area contributed by atoms with Crippen molar-refractivity contribution in [1.29, 1.82) is 0 Å². The number of carbonyl (C=O) groups excluding carboxylic acids is 1. The molecule has 0 spiro atoms. The third kappa shape index (κ3) is 4.30. The van der Waals surface area contributed by atoms with Gasteiger partial charge in [0.25, 0.3) is 0 Å². The Morgan fingerprint density at radius 3 is 2.60 bits per heavy atom. The zero-order chi connectivity index (χ0) is 20.9. The van der Waals surface area contributed by atoms with E-state index in [0.29, 0.717) is 12.1 Å². The second kappa shape index (κ2) is 8.98. The van der Waals surface area contributed by atoms with Gasteiger partial charge < -0.3 is 14.1 Å². The van der Waals surface area contributed by atoms with Gasteiger partial charge >= 0.3 is 5.76 Å². The number of rotatable bonds is 5. The summed E-state index contributed by atoms with van der Waals surface area (Å²) in [7, 11) is 1.63. The van der Waals surface area contributed by atoms with Crippen LogP contribution in [0.2, 0.25) is 0 Å². The minimum atomic E-state index is -0.627. The van der Waals surface area contributed by atoms with Crippen LogP contribution in [0.25, 0.3) is 11.5 Å². The fraction of sp³-hybridized carbons (Fsp3) is 0.348. The van der Waals surface area contributed by atoms with E-state index in [9.17, 15) is 9.59 Å².